The molecule has 24 heavy (non-hydrogen) atoms. The number of rotatable bonds is 1. The minimum absolute atomic E-state index is 0.168. The number of Topliss-reactive ketones (excluding diaryl/α,β-unsaturated/α-hetero) is 1. The van der Waals surface area contributed by atoms with E-state index in [1.54, 1.807) is 0 Å². The van der Waals surface area contributed by atoms with E-state index >= 15 is 0 Å². The first kappa shape index (κ1) is 17.1. The van der Waals surface area contributed by atoms with Crippen molar-refractivity contribution >= 4 is 5.78 Å². The molecule has 0 aromatic rings. The number of carbonyl (C=O) groups is 1. The van der Waals surface area contributed by atoms with Crippen LogP contribution in [0.3, 0.4) is 0 Å². The van der Waals surface area contributed by atoms with Crippen LogP contribution in [0.25, 0.3) is 0 Å². The van der Waals surface area contributed by atoms with Gasteiger partial charge in [-0.1, -0.05) is 27.7 Å². The van der Waals surface area contributed by atoms with E-state index in [1.165, 1.54) is 25.7 Å². The standard InChI is InChI=1S/C22H36O2/c1-13(2)16-5-6-17-20-18(8-10-22(16,17)4)21(3)9-7-15(23)11-14(21)12-19(20)24/h13-18,20,23H,5-12H2,1-4H3/t14?,15-,16-,17?,18?,20?,21?,22?/m1/s1. The fourth-order valence-corrected chi connectivity index (χ4v) is 8.04. The van der Waals surface area contributed by atoms with Crippen LogP contribution in [-0.2, 0) is 4.79 Å². The molecule has 2 heteroatoms. The molecule has 4 fully saturated rings. The average Bonchev–Trinajstić information content (AvgIpc) is 2.86. The Morgan fingerprint density at radius 1 is 1.00 bits per heavy atom. The molecule has 6 unspecified atom stereocenters. The Bertz CT molecular complexity index is 526. The van der Waals surface area contributed by atoms with Crippen LogP contribution in [0.15, 0.2) is 0 Å². The van der Waals surface area contributed by atoms with Gasteiger partial charge < -0.3 is 5.11 Å². The summed E-state index contributed by atoms with van der Waals surface area (Å²) in [7, 11) is 0. The maximum absolute atomic E-state index is 13.2. The van der Waals surface area contributed by atoms with Crippen molar-refractivity contribution in [1.82, 2.24) is 0 Å². The van der Waals surface area contributed by atoms with Crippen LogP contribution in [0.2, 0.25) is 0 Å². The monoisotopic (exact) mass is 332 g/mol. The van der Waals surface area contributed by atoms with Crippen LogP contribution in [0.4, 0.5) is 0 Å². The van der Waals surface area contributed by atoms with Crippen molar-refractivity contribution in [2.75, 3.05) is 0 Å². The van der Waals surface area contributed by atoms with E-state index < -0.39 is 0 Å². The molecule has 4 rings (SSSR count). The van der Waals surface area contributed by atoms with Crippen LogP contribution in [0, 0.1) is 46.3 Å². The molecule has 0 bridgehead atoms. The molecule has 0 spiro atoms. The topological polar surface area (TPSA) is 37.3 Å². The zero-order chi connectivity index (χ0) is 17.3. The summed E-state index contributed by atoms with van der Waals surface area (Å²) in [5.41, 5.74) is 0.692. The fraction of sp³-hybridized carbons (Fsp3) is 0.955. The molecular formula is C22H36O2. The van der Waals surface area contributed by atoms with Gasteiger partial charge in [-0.05, 0) is 85.4 Å². The highest BCUT2D eigenvalue weighted by Crippen LogP contribution is 2.67. The summed E-state index contributed by atoms with van der Waals surface area (Å²) in [6.45, 7) is 9.74. The van der Waals surface area contributed by atoms with E-state index in [0.717, 1.165) is 37.5 Å². The molecule has 0 amide bonds. The van der Waals surface area contributed by atoms with Gasteiger partial charge in [0.25, 0.3) is 0 Å². The zero-order valence-electron chi connectivity index (χ0n) is 16.1. The van der Waals surface area contributed by atoms with Crippen LogP contribution in [0.1, 0.15) is 79.1 Å². The quantitative estimate of drug-likeness (QED) is 0.746. The Hall–Kier alpha value is -0.370. The third kappa shape index (κ3) is 2.20. The number of carbonyl (C=O) groups excluding carboxylic acids is 1. The highest BCUT2D eigenvalue weighted by atomic mass is 16.3. The molecule has 4 aliphatic rings. The highest BCUT2D eigenvalue weighted by molar-refractivity contribution is 5.83. The molecule has 0 heterocycles. The average molecular weight is 333 g/mol. The van der Waals surface area contributed by atoms with E-state index in [1.807, 2.05) is 0 Å². The number of ketones is 1. The summed E-state index contributed by atoms with van der Waals surface area (Å²) in [4.78, 5) is 13.2. The van der Waals surface area contributed by atoms with Crippen molar-refractivity contribution in [2.45, 2.75) is 85.2 Å². The molecule has 2 nitrogen and oxygen atoms in total. The SMILES string of the molecule is CC(C)[C@H]1CCC2C3C(=O)CC4C[C@H](O)CCC4(C)C3CCC21C. The van der Waals surface area contributed by atoms with Gasteiger partial charge in [0.1, 0.15) is 5.78 Å². The molecule has 0 aliphatic heterocycles. The Morgan fingerprint density at radius 3 is 2.38 bits per heavy atom. The lowest BCUT2D eigenvalue weighted by molar-refractivity contribution is -0.160. The number of aliphatic hydroxyl groups excluding tert-OH is 1. The van der Waals surface area contributed by atoms with Gasteiger partial charge in [-0.25, -0.2) is 0 Å². The molecule has 1 N–H and O–H groups in total. The molecule has 8 atom stereocenters. The van der Waals surface area contributed by atoms with Crippen LogP contribution in [0.5, 0.6) is 0 Å². The van der Waals surface area contributed by atoms with Gasteiger partial charge in [0, 0.05) is 12.3 Å². The maximum Gasteiger partial charge on any atom is 0.136 e. The minimum Gasteiger partial charge on any atom is -0.393 e. The van der Waals surface area contributed by atoms with Crippen molar-refractivity contribution in [3.05, 3.63) is 0 Å². The number of aliphatic hydroxyl groups is 1. The van der Waals surface area contributed by atoms with Crippen molar-refractivity contribution in [3.63, 3.8) is 0 Å². The fourth-order valence-electron chi connectivity index (χ4n) is 8.04. The van der Waals surface area contributed by atoms with E-state index in [2.05, 4.69) is 27.7 Å². The highest BCUT2D eigenvalue weighted by Gasteiger charge is 2.62. The van der Waals surface area contributed by atoms with Crippen molar-refractivity contribution in [3.8, 4) is 0 Å². The number of hydrogen-bond donors (Lipinski definition) is 1. The van der Waals surface area contributed by atoms with Crippen LogP contribution < -0.4 is 0 Å². The molecule has 0 aromatic carbocycles. The van der Waals surface area contributed by atoms with Gasteiger partial charge in [-0.3, -0.25) is 4.79 Å². The van der Waals surface area contributed by atoms with Gasteiger partial charge in [-0.15, -0.1) is 0 Å². The van der Waals surface area contributed by atoms with E-state index in [4.69, 9.17) is 0 Å². The van der Waals surface area contributed by atoms with Gasteiger partial charge in [0.05, 0.1) is 6.10 Å². The van der Waals surface area contributed by atoms with Gasteiger partial charge in [0.2, 0.25) is 0 Å². The van der Waals surface area contributed by atoms with E-state index in [-0.39, 0.29) is 6.10 Å². The summed E-state index contributed by atoms with van der Waals surface area (Å²) in [5.74, 6) is 4.06. The lowest BCUT2D eigenvalue weighted by atomic mass is 9.44. The van der Waals surface area contributed by atoms with Crippen molar-refractivity contribution in [2.24, 2.45) is 46.3 Å². The minimum atomic E-state index is -0.168. The second kappa shape index (κ2) is 5.56. The Kier molecular flexibility index (Phi) is 3.95. The van der Waals surface area contributed by atoms with Crippen LogP contribution >= 0.6 is 0 Å². The Morgan fingerprint density at radius 2 is 1.67 bits per heavy atom. The summed E-state index contributed by atoms with van der Waals surface area (Å²) in [6, 6.07) is 0. The van der Waals surface area contributed by atoms with Gasteiger partial charge >= 0.3 is 0 Å². The second-order valence-corrected chi connectivity index (χ2v) is 10.5. The summed E-state index contributed by atoms with van der Waals surface area (Å²) < 4.78 is 0. The Balaban J connectivity index is 1.66. The number of fused-ring (bicyclic) bond motifs is 5. The molecule has 0 aromatic heterocycles. The third-order valence-electron chi connectivity index (χ3n) is 9.32. The third-order valence-corrected chi connectivity index (χ3v) is 9.32. The smallest absolute Gasteiger partial charge is 0.136 e. The molecule has 136 valence electrons. The molecule has 0 saturated heterocycles. The first-order chi connectivity index (χ1) is 11.3. The summed E-state index contributed by atoms with van der Waals surface area (Å²) >= 11 is 0. The van der Waals surface area contributed by atoms with Crippen molar-refractivity contribution in [1.29, 1.82) is 0 Å². The summed E-state index contributed by atoms with van der Waals surface area (Å²) in [5, 5.41) is 10.1. The summed E-state index contributed by atoms with van der Waals surface area (Å²) in [6.07, 6.45) is 8.68. The predicted octanol–water partition coefficient (Wildman–Crippen LogP) is 4.84. The van der Waals surface area contributed by atoms with Crippen LogP contribution in [-0.4, -0.2) is 17.0 Å². The first-order valence-corrected chi connectivity index (χ1v) is 10.5. The predicted molar refractivity (Wildman–Crippen MR) is 96.5 cm³/mol. The molecule has 4 aliphatic carbocycles. The lowest BCUT2D eigenvalue weighted by Crippen LogP contribution is -2.57. The van der Waals surface area contributed by atoms with Gasteiger partial charge in [-0.2, -0.15) is 0 Å². The van der Waals surface area contributed by atoms with E-state index in [0.29, 0.717) is 40.3 Å². The largest absolute Gasteiger partial charge is 0.393 e. The Labute approximate surface area is 147 Å². The molecule has 4 saturated carbocycles. The maximum atomic E-state index is 13.2. The zero-order valence-corrected chi connectivity index (χ0v) is 16.1. The second-order valence-electron chi connectivity index (χ2n) is 10.5. The molecule has 0 radical (unpaired) electrons. The first-order valence-electron chi connectivity index (χ1n) is 10.5. The lowest BCUT2D eigenvalue weighted by Gasteiger charge is -2.60. The normalized spacial score (nSPS) is 54.3. The number of hydrogen-bond acceptors (Lipinski definition) is 2. The van der Waals surface area contributed by atoms with Gasteiger partial charge in [0.15, 0.2) is 0 Å². The van der Waals surface area contributed by atoms with E-state index in [9.17, 15) is 9.90 Å². The molecular weight excluding hydrogens is 296 g/mol. The van der Waals surface area contributed by atoms with Crippen molar-refractivity contribution < 1.29 is 9.90 Å².